The van der Waals surface area contributed by atoms with Crippen LogP contribution >= 0.6 is 0 Å². The second-order valence-electron chi connectivity index (χ2n) is 6.72. The minimum Gasteiger partial charge on any atom is -0.315 e. The van der Waals surface area contributed by atoms with Gasteiger partial charge in [0, 0.05) is 11.6 Å². The van der Waals surface area contributed by atoms with Gasteiger partial charge in [0.25, 0.3) is 0 Å². The fourth-order valence-electron chi connectivity index (χ4n) is 3.68. The topological polar surface area (TPSA) is 15.3 Å². The Morgan fingerprint density at radius 1 is 1.06 bits per heavy atom. The summed E-state index contributed by atoms with van der Waals surface area (Å²) in [6.07, 6.45) is 11.0. The largest absolute Gasteiger partial charge is 0.315 e. The molecule has 0 aliphatic heterocycles. The zero-order valence-corrected chi connectivity index (χ0v) is 13.3. The van der Waals surface area contributed by atoms with E-state index in [1.54, 1.807) is 0 Å². The molecular weight excluding hydrogens is 220 g/mol. The first-order valence-electron chi connectivity index (χ1n) is 7.87. The third kappa shape index (κ3) is 3.96. The van der Waals surface area contributed by atoms with Crippen LogP contribution in [0.4, 0.5) is 0 Å². The lowest BCUT2D eigenvalue weighted by Crippen LogP contribution is -2.59. The molecule has 0 aromatic carbocycles. The molecule has 2 nitrogen and oxygen atoms in total. The zero-order chi connectivity index (χ0) is 13.6. The lowest BCUT2D eigenvalue weighted by atomic mass is 9.73. The van der Waals surface area contributed by atoms with Gasteiger partial charge in [-0.3, -0.25) is 0 Å². The molecule has 108 valence electrons. The lowest BCUT2D eigenvalue weighted by Gasteiger charge is -2.48. The van der Waals surface area contributed by atoms with E-state index in [0.717, 1.165) is 5.92 Å². The fourth-order valence-corrected chi connectivity index (χ4v) is 3.68. The summed E-state index contributed by atoms with van der Waals surface area (Å²) in [5.74, 6) is 0.837. The van der Waals surface area contributed by atoms with Crippen LogP contribution in [0.1, 0.15) is 65.2 Å². The summed E-state index contributed by atoms with van der Waals surface area (Å²) in [7, 11) is 6.70. The number of nitrogens with zero attached hydrogens (tertiary/aromatic N) is 1. The van der Waals surface area contributed by atoms with Crippen LogP contribution in [0.2, 0.25) is 0 Å². The predicted molar refractivity (Wildman–Crippen MR) is 81.0 cm³/mol. The highest BCUT2D eigenvalue weighted by molar-refractivity contribution is 5.00. The first-order chi connectivity index (χ1) is 8.53. The van der Waals surface area contributed by atoms with E-state index in [-0.39, 0.29) is 0 Å². The van der Waals surface area contributed by atoms with Crippen LogP contribution in [0.5, 0.6) is 0 Å². The van der Waals surface area contributed by atoms with Crippen LogP contribution in [0.3, 0.4) is 0 Å². The Morgan fingerprint density at radius 2 is 1.67 bits per heavy atom. The summed E-state index contributed by atoms with van der Waals surface area (Å²) in [4.78, 5) is 2.50. The van der Waals surface area contributed by atoms with Crippen LogP contribution < -0.4 is 5.32 Å². The molecule has 1 aliphatic rings. The molecule has 0 amide bonds. The summed E-state index contributed by atoms with van der Waals surface area (Å²) >= 11 is 0. The third-order valence-electron chi connectivity index (χ3n) is 4.88. The Kier molecular flexibility index (Phi) is 6.65. The molecule has 18 heavy (non-hydrogen) atoms. The van der Waals surface area contributed by atoms with E-state index in [1.165, 1.54) is 51.4 Å². The minimum atomic E-state index is 0.407. The van der Waals surface area contributed by atoms with Crippen LogP contribution in [0.25, 0.3) is 0 Å². The first kappa shape index (κ1) is 16.0. The first-order valence-corrected chi connectivity index (χ1v) is 7.87. The molecular formula is C16H34N2. The molecule has 1 fully saturated rings. The van der Waals surface area contributed by atoms with E-state index in [2.05, 4.69) is 45.2 Å². The van der Waals surface area contributed by atoms with E-state index in [4.69, 9.17) is 0 Å². The molecule has 0 radical (unpaired) electrons. The average Bonchev–Trinajstić information content (AvgIpc) is 2.35. The van der Waals surface area contributed by atoms with Crippen molar-refractivity contribution in [3.8, 4) is 0 Å². The van der Waals surface area contributed by atoms with E-state index < -0.39 is 0 Å². The van der Waals surface area contributed by atoms with Gasteiger partial charge >= 0.3 is 0 Å². The highest BCUT2D eigenvalue weighted by atomic mass is 15.2. The van der Waals surface area contributed by atoms with Gasteiger partial charge in [-0.15, -0.1) is 0 Å². The molecule has 1 atom stereocenters. The summed E-state index contributed by atoms with van der Waals surface area (Å²) in [6, 6.07) is 0.659. The second-order valence-corrected chi connectivity index (χ2v) is 6.72. The van der Waals surface area contributed by atoms with Gasteiger partial charge in [-0.1, -0.05) is 46.0 Å². The fraction of sp³-hybridized carbons (Fsp3) is 1.00. The molecule has 1 unspecified atom stereocenters. The van der Waals surface area contributed by atoms with Gasteiger partial charge in [0.2, 0.25) is 0 Å². The Morgan fingerprint density at radius 3 is 2.11 bits per heavy atom. The Bertz CT molecular complexity index is 217. The maximum Gasteiger partial charge on any atom is 0.0356 e. The number of hydrogen-bond donors (Lipinski definition) is 1. The van der Waals surface area contributed by atoms with E-state index in [1.807, 2.05) is 0 Å². The highest BCUT2D eigenvalue weighted by Gasteiger charge is 2.40. The summed E-state index contributed by atoms with van der Waals surface area (Å²) in [5.41, 5.74) is 0.407. The van der Waals surface area contributed by atoms with Crippen LogP contribution in [0, 0.1) is 5.92 Å². The Labute approximate surface area is 115 Å². The summed E-state index contributed by atoms with van der Waals surface area (Å²) < 4.78 is 0. The molecule has 0 aromatic heterocycles. The van der Waals surface area contributed by atoms with Crippen molar-refractivity contribution >= 4 is 0 Å². The van der Waals surface area contributed by atoms with Crippen molar-refractivity contribution in [1.82, 2.24) is 10.2 Å². The van der Waals surface area contributed by atoms with Gasteiger partial charge in [-0.25, -0.2) is 0 Å². The maximum absolute atomic E-state index is 3.63. The van der Waals surface area contributed by atoms with Gasteiger partial charge in [-0.2, -0.15) is 0 Å². The Balaban J connectivity index is 2.62. The molecule has 0 aromatic rings. The minimum absolute atomic E-state index is 0.407. The van der Waals surface area contributed by atoms with E-state index in [0.29, 0.717) is 11.6 Å². The molecule has 2 heteroatoms. The van der Waals surface area contributed by atoms with Crippen molar-refractivity contribution in [1.29, 1.82) is 0 Å². The molecule has 1 rings (SSSR count). The molecule has 0 bridgehead atoms. The van der Waals surface area contributed by atoms with Crippen molar-refractivity contribution in [2.24, 2.45) is 5.92 Å². The van der Waals surface area contributed by atoms with Crippen LogP contribution in [-0.4, -0.2) is 37.6 Å². The molecule has 0 saturated heterocycles. The summed E-state index contributed by atoms with van der Waals surface area (Å²) in [6.45, 7) is 4.66. The average molecular weight is 254 g/mol. The smallest absolute Gasteiger partial charge is 0.0356 e. The number of nitrogens with one attached hydrogen (secondary N) is 1. The SMILES string of the molecule is CNC(CCCC(C)C)C1(N(C)C)CCCCC1. The van der Waals surface area contributed by atoms with Gasteiger partial charge in [0.1, 0.15) is 0 Å². The zero-order valence-electron chi connectivity index (χ0n) is 13.3. The number of rotatable bonds is 7. The molecule has 0 spiro atoms. The summed E-state index contributed by atoms with van der Waals surface area (Å²) in [5, 5.41) is 3.63. The standard InChI is InChI=1S/C16H34N2/c1-14(2)10-9-11-15(17-3)16(18(4)5)12-7-6-8-13-16/h14-15,17H,6-13H2,1-5H3. The van der Waals surface area contributed by atoms with E-state index >= 15 is 0 Å². The van der Waals surface area contributed by atoms with Crippen LogP contribution in [0.15, 0.2) is 0 Å². The molecule has 1 aliphatic carbocycles. The highest BCUT2D eigenvalue weighted by Crippen LogP contribution is 2.36. The van der Waals surface area contributed by atoms with Crippen molar-refractivity contribution in [2.75, 3.05) is 21.1 Å². The van der Waals surface area contributed by atoms with E-state index in [9.17, 15) is 0 Å². The van der Waals surface area contributed by atoms with Gasteiger partial charge < -0.3 is 10.2 Å². The molecule has 0 heterocycles. The second kappa shape index (κ2) is 7.49. The predicted octanol–water partition coefficient (Wildman–Crippen LogP) is 3.67. The molecule has 1 saturated carbocycles. The van der Waals surface area contributed by atoms with Crippen LogP contribution in [-0.2, 0) is 0 Å². The van der Waals surface area contributed by atoms with Gasteiger partial charge in [0.05, 0.1) is 0 Å². The molecule has 1 N–H and O–H groups in total. The lowest BCUT2D eigenvalue weighted by molar-refractivity contribution is 0.0551. The maximum atomic E-state index is 3.63. The Hall–Kier alpha value is -0.0800. The number of likely N-dealkylation sites (N-methyl/N-ethyl adjacent to an activating group) is 2. The third-order valence-corrected chi connectivity index (χ3v) is 4.88. The van der Waals surface area contributed by atoms with Crippen molar-refractivity contribution in [2.45, 2.75) is 76.8 Å². The van der Waals surface area contributed by atoms with Crippen molar-refractivity contribution in [3.63, 3.8) is 0 Å². The van der Waals surface area contributed by atoms with Gasteiger partial charge in [0.15, 0.2) is 0 Å². The normalized spacial score (nSPS) is 21.5. The number of hydrogen-bond acceptors (Lipinski definition) is 2. The van der Waals surface area contributed by atoms with Crippen molar-refractivity contribution in [3.05, 3.63) is 0 Å². The van der Waals surface area contributed by atoms with Gasteiger partial charge in [-0.05, 0) is 46.3 Å². The quantitative estimate of drug-likeness (QED) is 0.746. The van der Waals surface area contributed by atoms with Crippen molar-refractivity contribution < 1.29 is 0 Å². The monoisotopic (exact) mass is 254 g/mol.